The minimum atomic E-state index is -3.95. The van der Waals surface area contributed by atoms with Crippen LogP contribution in [-0.2, 0) is 16.4 Å². The second-order valence-electron chi connectivity index (χ2n) is 7.61. The van der Waals surface area contributed by atoms with Gasteiger partial charge in [0.05, 0.1) is 16.8 Å². The number of hydrogen-bond donors (Lipinski definition) is 4. The first-order chi connectivity index (χ1) is 15.8. The summed E-state index contributed by atoms with van der Waals surface area (Å²) in [6, 6.07) is 5.53. The minimum absolute atomic E-state index is 0.00834. The van der Waals surface area contributed by atoms with Crippen LogP contribution in [0.1, 0.15) is 53.8 Å². The molecule has 1 saturated carbocycles. The van der Waals surface area contributed by atoms with Crippen LogP contribution < -0.4 is 15.4 Å². The van der Waals surface area contributed by atoms with Gasteiger partial charge in [-0.2, -0.15) is 0 Å². The number of aliphatic hydroxyl groups is 1. The third-order valence-electron chi connectivity index (χ3n) is 5.11. The van der Waals surface area contributed by atoms with Gasteiger partial charge >= 0.3 is 6.03 Å². The Morgan fingerprint density at radius 1 is 1.03 bits per heavy atom. The smallest absolute Gasteiger partial charge is 0.328 e. The van der Waals surface area contributed by atoms with Crippen molar-refractivity contribution in [2.24, 2.45) is 0 Å². The average Bonchev–Trinajstić information content (AvgIpc) is 2.81. The highest BCUT2D eigenvalue weighted by molar-refractivity contribution is 7.90. The van der Waals surface area contributed by atoms with Crippen LogP contribution in [0.2, 0.25) is 0 Å². The van der Waals surface area contributed by atoms with Gasteiger partial charge in [-0.1, -0.05) is 31.4 Å². The van der Waals surface area contributed by atoms with E-state index in [0.717, 1.165) is 50.5 Å². The zero-order valence-electron chi connectivity index (χ0n) is 18.9. The van der Waals surface area contributed by atoms with Gasteiger partial charge in [-0.15, -0.1) is 0 Å². The van der Waals surface area contributed by atoms with Crippen molar-refractivity contribution >= 4 is 22.0 Å². The molecule has 33 heavy (non-hydrogen) atoms. The molecule has 0 radical (unpaired) electrons. The van der Waals surface area contributed by atoms with Crippen LogP contribution in [0.4, 0.5) is 4.79 Å². The van der Waals surface area contributed by atoms with Crippen LogP contribution in [0, 0.1) is 6.92 Å². The summed E-state index contributed by atoms with van der Waals surface area (Å²) < 4.78 is 26.9. The Bertz CT molecular complexity index is 1000. The number of rotatable bonds is 7. The molecule has 0 unspecified atom stereocenters. The first kappa shape index (κ1) is 26.2. The lowest BCUT2D eigenvalue weighted by Gasteiger charge is -2.22. The molecule has 0 aliphatic heterocycles. The summed E-state index contributed by atoms with van der Waals surface area (Å²) in [4.78, 5) is 32.2. The highest BCUT2D eigenvalue weighted by atomic mass is 32.2. The molecule has 1 aromatic heterocycles. The molecule has 1 heterocycles. The summed E-state index contributed by atoms with van der Waals surface area (Å²) in [5, 5.41) is 12.5. The molecular formula is C22H31N5O5S. The highest BCUT2D eigenvalue weighted by Gasteiger charge is 2.21. The standard InChI is InChI=1S/C21H27N5O4S.CH4O/c1-15-13-24-19(14-23-15)20(27)22-12-11-16-7-9-18(10-8-16)31(29,30)26-21(28)25-17-5-3-2-4-6-17;1-2/h7-10,13-14,17H,2-6,11-12H2,1H3,(H,22,27)(H2,25,26,28);2H,1H3. The van der Waals surface area contributed by atoms with Crippen molar-refractivity contribution in [3.63, 3.8) is 0 Å². The molecule has 0 saturated heterocycles. The fourth-order valence-corrected chi connectivity index (χ4v) is 4.31. The predicted octanol–water partition coefficient (Wildman–Crippen LogP) is 1.69. The van der Waals surface area contributed by atoms with Crippen LogP contribution in [0.3, 0.4) is 0 Å². The van der Waals surface area contributed by atoms with Crippen LogP contribution in [-0.4, -0.2) is 55.1 Å². The lowest BCUT2D eigenvalue weighted by Crippen LogP contribution is -2.45. The zero-order chi connectivity index (χ0) is 24.3. The van der Waals surface area contributed by atoms with E-state index in [1.807, 2.05) is 0 Å². The van der Waals surface area contributed by atoms with E-state index in [1.165, 1.54) is 24.5 Å². The molecular weight excluding hydrogens is 446 g/mol. The molecule has 0 bridgehead atoms. The normalized spacial score (nSPS) is 13.9. The number of aliphatic hydroxyl groups excluding tert-OH is 1. The Kier molecular flexibility index (Phi) is 10.2. The largest absolute Gasteiger partial charge is 0.400 e. The van der Waals surface area contributed by atoms with E-state index in [0.29, 0.717) is 13.0 Å². The summed E-state index contributed by atoms with van der Waals surface area (Å²) in [6.45, 7) is 2.15. The first-order valence-electron chi connectivity index (χ1n) is 10.8. The van der Waals surface area contributed by atoms with Crippen molar-refractivity contribution in [2.45, 2.75) is 56.4 Å². The van der Waals surface area contributed by atoms with Gasteiger partial charge in [0.2, 0.25) is 0 Å². The summed E-state index contributed by atoms with van der Waals surface area (Å²) in [5.74, 6) is -0.320. The molecule has 3 amide bonds. The van der Waals surface area contributed by atoms with Gasteiger partial charge in [-0.3, -0.25) is 9.78 Å². The highest BCUT2D eigenvalue weighted by Crippen LogP contribution is 2.17. The van der Waals surface area contributed by atoms with Crippen molar-refractivity contribution in [1.82, 2.24) is 25.3 Å². The molecule has 1 aliphatic rings. The Hall–Kier alpha value is -3.05. The van der Waals surface area contributed by atoms with E-state index < -0.39 is 16.1 Å². The number of aryl methyl sites for hydroxylation is 1. The molecule has 1 aliphatic carbocycles. The number of carbonyl (C=O) groups excluding carboxylic acids is 2. The second kappa shape index (κ2) is 12.9. The third kappa shape index (κ3) is 8.43. The monoisotopic (exact) mass is 477 g/mol. The Balaban J connectivity index is 0.00000187. The number of nitrogens with zero attached hydrogens (tertiary/aromatic N) is 2. The average molecular weight is 478 g/mol. The molecule has 11 heteroatoms. The van der Waals surface area contributed by atoms with E-state index in [-0.39, 0.29) is 22.5 Å². The van der Waals surface area contributed by atoms with Gasteiger partial charge in [-0.05, 0) is 43.9 Å². The first-order valence-corrected chi connectivity index (χ1v) is 12.3. The second-order valence-corrected chi connectivity index (χ2v) is 9.29. The number of carbonyl (C=O) groups is 2. The molecule has 3 rings (SSSR count). The maximum atomic E-state index is 12.4. The van der Waals surface area contributed by atoms with Crippen LogP contribution in [0.5, 0.6) is 0 Å². The molecule has 10 nitrogen and oxygen atoms in total. The molecule has 180 valence electrons. The zero-order valence-corrected chi connectivity index (χ0v) is 19.7. The quantitative estimate of drug-likeness (QED) is 0.474. The fraction of sp³-hybridized carbons (Fsp3) is 0.455. The van der Waals surface area contributed by atoms with Gasteiger partial charge in [-0.25, -0.2) is 22.9 Å². The summed E-state index contributed by atoms with van der Waals surface area (Å²) in [6.07, 6.45) is 8.43. The fourth-order valence-electron chi connectivity index (χ4n) is 3.40. The van der Waals surface area contributed by atoms with E-state index in [9.17, 15) is 18.0 Å². The lowest BCUT2D eigenvalue weighted by atomic mass is 9.96. The summed E-state index contributed by atoms with van der Waals surface area (Å²) in [5.41, 5.74) is 1.82. The Labute approximate surface area is 194 Å². The lowest BCUT2D eigenvalue weighted by molar-refractivity contribution is 0.0948. The van der Waals surface area contributed by atoms with E-state index in [2.05, 4.69) is 25.3 Å². The van der Waals surface area contributed by atoms with Gasteiger partial charge in [0.25, 0.3) is 15.9 Å². The summed E-state index contributed by atoms with van der Waals surface area (Å²) >= 11 is 0. The number of aromatic nitrogens is 2. The van der Waals surface area contributed by atoms with Crippen molar-refractivity contribution in [1.29, 1.82) is 0 Å². The molecule has 1 aromatic carbocycles. The predicted molar refractivity (Wildman–Crippen MR) is 123 cm³/mol. The Morgan fingerprint density at radius 3 is 2.30 bits per heavy atom. The molecule has 0 spiro atoms. The number of urea groups is 1. The van der Waals surface area contributed by atoms with Gasteiger partial charge < -0.3 is 15.7 Å². The molecule has 4 N–H and O–H groups in total. The number of sulfonamides is 1. The van der Waals surface area contributed by atoms with Crippen molar-refractivity contribution < 1.29 is 23.1 Å². The van der Waals surface area contributed by atoms with Crippen LogP contribution >= 0.6 is 0 Å². The van der Waals surface area contributed by atoms with Gasteiger partial charge in [0.15, 0.2) is 0 Å². The molecule has 2 aromatic rings. The Morgan fingerprint density at radius 2 is 1.70 bits per heavy atom. The molecule has 0 atom stereocenters. The van der Waals surface area contributed by atoms with Crippen LogP contribution in [0.25, 0.3) is 0 Å². The molecule has 1 fully saturated rings. The van der Waals surface area contributed by atoms with Crippen molar-refractivity contribution in [3.8, 4) is 0 Å². The topological polar surface area (TPSA) is 150 Å². The number of amides is 3. The van der Waals surface area contributed by atoms with E-state index >= 15 is 0 Å². The van der Waals surface area contributed by atoms with Gasteiger partial charge in [0.1, 0.15) is 5.69 Å². The SMILES string of the molecule is CO.Cc1cnc(C(=O)NCCc2ccc(S(=O)(=O)NC(=O)NC3CCCCC3)cc2)cn1. The van der Waals surface area contributed by atoms with Crippen molar-refractivity contribution in [3.05, 3.63) is 53.6 Å². The van der Waals surface area contributed by atoms with Gasteiger partial charge in [0, 0.05) is 25.9 Å². The number of nitrogens with one attached hydrogen (secondary N) is 3. The number of hydrogen-bond acceptors (Lipinski definition) is 7. The van der Waals surface area contributed by atoms with Crippen molar-refractivity contribution in [2.75, 3.05) is 13.7 Å². The van der Waals surface area contributed by atoms with E-state index in [1.54, 1.807) is 19.1 Å². The van der Waals surface area contributed by atoms with Crippen LogP contribution in [0.15, 0.2) is 41.6 Å². The number of benzene rings is 1. The summed E-state index contributed by atoms with van der Waals surface area (Å²) in [7, 11) is -2.95. The maximum Gasteiger partial charge on any atom is 0.328 e. The minimum Gasteiger partial charge on any atom is -0.400 e. The van der Waals surface area contributed by atoms with E-state index in [4.69, 9.17) is 5.11 Å². The third-order valence-corrected chi connectivity index (χ3v) is 6.46. The maximum absolute atomic E-state index is 12.4.